The minimum atomic E-state index is -0.215. The highest BCUT2D eigenvalue weighted by Crippen LogP contribution is 2.24. The summed E-state index contributed by atoms with van der Waals surface area (Å²) < 4.78 is 13.9. The van der Waals surface area contributed by atoms with Crippen LogP contribution in [0, 0.1) is 12.7 Å². The molecule has 0 saturated carbocycles. The molecule has 0 fully saturated rings. The van der Waals surface area contributed by atoms with E-state index in [0.29, 0.717) is 0 Å². The van der Waals surface area contributed by atoms with E-state index in [1.165, 1.54) is 23.3 Å². The molecule has 0 radical (unpaired) electrons. The zero-order valence-corrected chi connectivity index (χ0v) is 13.4. The third-order valence-electron chi connectivity index (χ3n) is 3.54. The first-order chi connectivity index (χ1) is 9.58. The monoisotopic (exact) mass is 335 g/mol. The molecular formula is C17H19BrFN. The highest BCUT2D eigenvalue weighted by molar-refractivity contribution is 9.10. The van der Waals surface area contributed by atoms with Crippen molar-refractivity contribution in [1.29, 1.82) is 0 Å². The van der Waals surface area contributed by atoms with Crippen molar-refractivity contribution in [2.24, 2.45) is 0 Å². The lowest BCUT2D eigenvalue weighted by molar-refractivity contribution is 0.570. The van der Waals surface area contributed by atoms with Crippen LogP contribution in [0.25, 0.3) is 0 Å². The summed E-state index contributed by atoms with van der Waals surface area (Å²) in [6, 6.07) is 13.4. The number of rotatable bonds is 5. The molecule has 3 heteroatoms. The first kappa shape index (κ1) is 15.2. The van der Waals surface area contributed by atoms with Crippen LogP contribution in [-0.4, -0.2) is 6.54 Å². The van der Waals surface area contributed by atoms with E-state index in [4.69, 9.17) is 0 Å². The molecule has 0 spiro atoms. The van der Waals surface area contributed by atoms with Crippen LogP contribution in [0.1, 0.15) is 29.7 Å². The van der Waals surface area contributed by atoms with Crippen molar-refractivity contribution in [3.8, 4) is 0 Å². The van der Waals surface area contributed by atoms with Crippen LogP contribution in [0.3, 0.4) is 0 Å². The largest absolute Gasteiger partial charge is 0.310 e. The molecule has 2 aromatic rings. The predicted molar refractivity (Wildman–Crippen MR) is 85.4 cm³/mol. The Labute approximate surface area is 128 Å². The maximum absolute atomic E-state index is 13.1. The number of nitrogens with one attached hydrogen (secondary N) is 1. The third kappa shape index (κ3) is 3.90. The maximum Gasteiger partial charge on any atom is 0.124 e. The quantitative estimate of drug-likeness (QED) is 0.828. The minimum absolute atomic E-state index is 0.189. The molecule has 1 unspecified atom stereocenters. The Hall–Kier alpha value is -1.19. The SMILES string of the molecule is Cc1ccccc1CCNC(C)c1ccc(F)cc1Br. The van der Waals surface area contributed by atoms with E-state index in [0.717, 1.165) is 23.0 Å². The Kier molecular flexibility index (Phi) is 5.32. The van der Waals surface area contributed by atoms with E-state index in [2.05, 4.69) is 59.4 Å². The van der Waals surface area contributed by atoms with Crippen LogP contribution >= 0.6 is 15.9 Å². The summed E-state index contributed by atoms with van der Waals surface area (Å²) in [6.45, 7) is 5.13. The maximum atomic E-state index is 13.1. The second-order valence-corrected chi connectivity index (χ2v) is 5.87. The summed E-state index contributed by atoms with van der Waals surface area (Å²) in [5.74, 6) is -0.215. The summed E-state index contributed by atoms with van der Waals surface area (Å²) in [7, 11) is 0. The van der Waals surface area contributed by atoms with Crippen LogP contribution in [0.4, 0.5) is 4.39 Å². The third-order valence-corrected chi connectivity index (χ3v) is 4.22. The molecule has 1 N–H and O–H groups in total. The highest BCUT2D eigenvalue weighted by Gasteiger charge is 2.09. The lowest BCUT2D eigenvalue weighted by atomic mass is 10.0. The Morgan fingerprint density at radius 3 is 2.65 bits per heavy atom. The zero-order valence-electron chi connectivity index (χ0n) is 11.8. The molecule has 20 heavy (non-hydrogen) atoms. The van der Waals surface area contributed by atoms with Gasteiger partial charge in [-0.05, 0) is 55.6 Å². The fourth-order valence-electron chi connectivity index (χ4n) is 2.28. The van der Waals surface area contributed by atoms with Crippen molar-refractivity contribution in [2.45, 2.75) is 26.3 Å². The fourth-order valence-corrected chi connectivity index (χ4v) is 2.97. The second-order valence-electron chi connectivity index (χ2n) is 5.02. The topological polar surface area (TPSA) is 12.0 Å². The van der Waals surface area contributed by atoms with Crippen molar-refractivity contribution in [2.75, 3.05) is 6.54 Å². The normalized spacial score (nSPS) is 12.4. The van der Waals surface area contributed by atoms with Gasteiger partial charge in [-0.15, -0.1) is 0 Å². The van der Waals surface area contributed by atoms with E-state index in [-0.39, 0.29) is 11.9 Å². The lowest BCUT2D eigenvalue weighted by Crippen LogP contribution is -2.22. The Balaban J connectivity index is 1.92. The molecule has 2 rings (SSSR count). The molecule has 0 amide bonds. The Bertz CT molecular complexity index is 583. The molecule has 0 aromatic heterocycles. The Morgan fingerprint density at radius 2 is 1.95 bits per heavy atom. The summed E-state index contributed by atoms with van der Waals surface area (Å²) in [5.41, 5.74) is 3.77. The number of benzene rings is 2. The van der Waals surface area contributed by atoms with Crippen LogP contribution < -0.4 is 5.32 Å². The summed E-state index contributed by atoms with van der Waals surface area (Å²) >= 11 is 3.42. The van der Waals surface area contributed by atoms with Crippen LogP contribution in [0.2, 0.25) is 0 Å². The molecule has 1 nitrogen and oxygen atoms in total. The molecule has 1 atom stereocenters. The standard InChI is InChI=1S/C17H19BrFN/c1-12-5-3-4-6-14(12)9-10-20-13(2)16-8-7-15(19)11-17(16)18/h3-8,11,13,20H,9-10H2,1-2H3. The van der Waals surface area contributed by atoms with Crippen molar-refractivity contribution >= 4 is 15.9 Å². The number of aryl methyl sites for hydroxylation is 1. The molecule has 106 valence electrons. The molecule has 0 saturated heterocycles. The molecular weight excluding hydrogens is 317 g/mol. The Morgan fingerprint density at radius 1 is 1.20 bits per heavy atom. The van der Waals surface area contributed by atoms with Gasteiger partial charge in [0, 0.05) is 10.5 Å². The van der Waals surface area contributed by atoms with Gasteiger partial charge in [-0.2, -0.15) is 0 Å². The number of halogens is 2. The molecule has 0 aliphatic carbocycles. The molecule has 0 heterocycles. The molecule has 0 aliphatic heterocycles. The van der Waals surface area contributed by atoms with Crippen LogP contribution in [-0.2, 0) is 6.42 Å². The van der Waals surface area contributed by atoms with Gasteiger partial charge in [-0.1, -0.05) is 46.3 Å². The van der Waals surface area contributed by atoms with E-state index < -0.39 is 0 Å². The van der Waals surface area contributed by atoms with Gasteiger partial charge < -0.3 is 5.32 Å². The van der Waals surface area contributed by atoms with E-state index in [1.54, 1.807) is 0 Å². The zero-order chi connectivity index (χ0) is 14.5. The van der Waals surface area contributed by atoms with Gasteiger partial charge in [-0.3, -0.25) is 0 Å². The van der Waals surface area contributed by atoms with Crippen molar-refractivity contribution < 1.29 is 4.39 Å². The van der Waals surface area contributed by atoms with Crippen molar-refractivity contribution in [3.63, 3.8) is 0 Å². The van der Waals surface area contributed by atoms with Gasteiger partial charge in [0.15, 0.2) is 0 Å². The number of hydrogen-bond donors (Lipinski definition) is 1. The second kappa shape index (κ2) is 7.00. The van der Waals surface area contributed by atoms with Crippen LogP contribution in [0.15, 0.2) is 46.9 Å². The predicted octanol–water partition coefficient (Wildman–Crippen LogP) is 4.79. The van der Waals surface area contributed by atoms with Crippen LogP contribution in [0.5, 0.6) is 0 Å². The van der Waals surface area contributed by atoms with E-state index in [9.17, 15) is 4.39 Å². The van der Waals surface area contributed by atoms with Gasteiger partial charge >= 0.3 is 0 Å². The molecule has 2 aromatic carbocycles. The van der Waals surface area contributed by atoms with Gasteiger partial charge in [-0.25, -0.2) is 4.39 Å². The average molecular weight is 336 g/mol. The van der Waals surface area contributed by atoms with Crippen molar-refractivity contribution in [3.05, 3.63) is 69.4 Å². The summed E-state index contributed by atoms with van der Waals surface area (Å²) in [6.07, 6.45) is 0.996. The van der Waals surface area contributed by atoms with Gasteiger partial charge in [0.1, 0.15) is 5.82 Å². The van der Waals surface area contributed by atoms with E-state index >= 15 is 0 Å². The van der Waals surface area contributed by atoms with Gasteiger partial charge in [0.05, 0.1) is 0 Å². The van der Waals surface area contributed by atoms with E-state index in [1.807, 2.05) is 6.07 Å². The van der Waals surface area contributed by atoms with Gasteiger partial charge in [0.2, 0.25) is 0 Å². The smallest absolute Gasteiger partial charge is 0.124 e. The lowest BCUT2D eigenvalue weighted by Gasteiger charge is -2.16. The molecule has 0 bridgehead atoms. The molecule has 0 aliphatic rings. The number of hydrogen-bond acceptors (Lipinski definition) is 1. The fraction of sp³-hybridized carbons (Fsp3) is 0.294. The highest BCUT2D eigenvalue weighted by atomic mass is 79.9. The summed E-state index contributed by atoms with van der Waals surface area (Å²) in [5, 5.41) is 3.48. The van der Waals surface area contributed by atoms with Crippen molar-refractivity contribution in [1.82, 2.24) is 5.32 Å². The first-order valence-electron chi connectivity index (χ1n) is 6.81. The van der Waals surface area contributed by atoms with Gasteiger partial charge in [0.25, 0.3) is 0 Å². The first-order valence-corrected chi connectivity index (χ1v) is 7.60. The summed E-state index contributed by atoms with van der Waals surface area (Å²) in [4.78, 5) is 0. The average Bonchev–Trinajstić information content (AvgIpc) is 2.40. The minimum Gasteiger partial charge on any atom is -0.310 e.